The Labute approximate surface area is 108 Å². The molecular formula is C16H18O2. The zero-order chi connectivity index (χ0) is 13.2. The van der Waals surface area contributed by atoms with Crippen molar-refractivity contribution < 1.29 is 9.53 Å². The summed E-state index contributed by atoms with van der Waals surface area (Å²) in [4.78, 5) is 11.1. The van der Waals surface area contributed by atoms with Crippen LogP contribution >= 0.6 is 0 Å². The lowest BCUT2D eigenvalue weighted by molar-refractivity contribution is -0.134. The number of methoxy groups -OCH3 is 1. The number of benzene rings is 1. The molecule has 0 bridgehead atoms. The molecule has 94 valence electrons. The number of carbonyl (C=O) groups is 1. The molecule has 0 aliphatic heterocycles. The molecule has 2 heteroatoms. The van der Waals surface area contributed by atoms with Crippen LogP contribution in [0.1, 0.15) is 25.3 Å². The highest BCUT2D eigenvalue weighted by Crippen LogP contribution is 2.14. The number of ether oxygens (including phenoxy) is 1. The van der Waals surface area contributed by atoms with Crippen molar-refractivity contribution in [2.75, 3.05) is 7.11 Å². The first-order valence-electron chi connectivity index (χ1n) is 6.04. The van der Waals surface area contributed by atoms with Gasteiger partial charge in [-0.15, -0.1) is 5.73 Å². The smallest absolute Gasteiger partial charge is 0.330 e. The van der Waals surface area contributed by atoms with Crippen LogP contribution in [0, 0.1) is 0 Å². The molecular weight excluding hydrogens is 224 g/mol. The topological polar surface area (TPSA) is 26.3 Å². The molecule has 0 unspecified atom stereocenters. The van der Waals surface area contributed by atoms with Crippen molar-refractivity contribution in [1.29, 1.82) is 0 Å². The maximum atomic E-state index is 11.1. The summed E-state index contributed by atoms with van der Waals surface area (Å²) in [5.74, 6) is -0.360. The van der Waals surface area contributed by atoms with Crippen LogP contribution in [0.25, 0.3) is 5.57 Å². The Morgan fingerprint density at radius 2 is 2.00 bits per heavy atom. The Kier molecular flexibility index (Phi) is 6.31. The van der Waals surface area contributed by atoms with Crippen LogP contribution in [0.3, 0.4) is 0 Å². The average molecular weight is 242 g/mol. The highest BCUT2D eigenvalue weighted by atomic mass is 16.5. The van der Waals surface area contributed by atoms with Gasteiger partial charge in [0.15, 0.2) is 0 Å². The largest absolute Gasteiger partial charge is 0.466 e. The summed E-state index contributed by atoms with van der Waals surface area (Å²) >= 11 is 0. The third-order valence-corrected chi connectivity index (χ3v) is 2.36. The van der Waals surface area contributed by atoms with E-state index in [0.29, 0.717) is 0 Å². The summed E-state index contributed by atoms with van der Waals surface area (Å²) in [6.45, 7) is 2.12. The Morgan fingerprint density at radius 3 is 2.61 bits per heavy atom. The van der Waals surface area contributed by atoms with Crippen LogP contribution in [0.4, 0.5) is 0 Å². The molecule has 1 rings (SSSR count). The first-order chi connectivity index (χ1) is 8.77. The zero-order valence-electron chi connectivity index (χ0n) is 10.8. The SMILES string of the molecule is CCCC=C=C(/C=C/C(=O)OC)c1ccccc1. The van der Waals surface area contributed by atoms with Gasteiger partial charge in [0.05, 0.1) is 7.11 Å². The van der Waals surface area contributed by atoms with Gasteiger partial charge in [0, 0.05) is 11.6 Å². The summed E-state index contributed by atoms with van der Waals surface area (Å²) in [6, 6.07) is 9.86. The van der Waals surface area contributed by atoms with Crippen LogP contribution in [0.15, 0.2) is 54.3 Å². The van der Waals surface area contributed by atoms with Gasteiger partial charge in [0.1, 0.15) is 0 Å². The molecule has 0 heterocycles. The van der Waals surface area contributed by atoms with Crippen molar-refractivity contribution in [3.05, 3.63) is 59.9 Å². The maximum Gasteiger partial charge on any atom is 0.330 e. The fraction of sp³-hybridized carbons (Fsp3) is 0.250. The molecule has 0 fully saturated rings. The predicted octanol–water partition coefficient (Wildman–Crippen LogP) is 3.75. The van der Waals surface area contributed by atoms with E-state index >= 15 is 0 Å². The van der Waals surface area contributed by atoms with E-state index in [2.05, 4.69) is 17.4 Å². The Morgan fingerprint density at radius 1 is 1.28 bits per heavy atom. The molecule has 1 aromatic rings. The molecule has 0 aromatic heterocycles. The van der Waals surface area contributed by atoms with Crippen molar-refractivity contribution in [3.63, 3.8) is 0 Å². The van der Waals surface area contributed by atoms with E-state index in [0.717, 1.165) is 24.0 Å². The molecule has 18 heavy (non-hydrogen) atoms. The molecule has 0 aliphatic carbocycles. The quantitative estimate of drug-likeness (QED) is 0.340. The van der Waals surface area contributed by atoms with E-state index in [9.17, 15) is 4.79 Å². The number of esters is 1. The standard InChI is InChI=1S/C16H18O2/c1-3-4-6-9-15(12-13-16(17)18-2)14-10-7-5-8-11-14/h5-8,10-13H,3-4H2,1-2H3/b13-12+. The third-order valence-electron chi connectivity index (χ3n) is 2.36. The van der Waals surface area contributed by atoms with Crippen molar-refractivity contribution in [3.8, 4) is 0 Å². The monoisotopic (exact) mass is 242 g/mol. The van der Waals surface area contributed by atoms with E-state index < -0.39 is 0 Å². The van der Waals surface area contributed by atoms with Gasteiger partial charge in [-0.05, 0) is 24.1 Å². The number of hydrogen-bond donors (Lipinski definition) is 0. The number of rotatable bonds is 5. The highest BCUT2D eigenvalue weighted by molar-refractivity contribution is 5.86. The first-order valence-corrected chi connectivity index (χ1v) is 6.04. The third kappa shape index (κ3) is 4.86. The van der Waals surface area contributed by atoms with Crippen LogP contribution < -0.4 is 0 Å². The van der Waals surface area contributed by atoms with Gasteiger partial charge in [0.25, 0.3) is 0 Å². The lowest BCUT2D eigenvalue weighted by Crippen LogP contribution is -1.93. The average Bonchev–Trinajstić information content (AvgIpc) is 2.43. The Hall–Kier alpha value is -2.05. The summed E-state index contributed by atoms with van der Waals surface area (Å²) < 4.78 is 4.59. The van der Waals surface area contributed by atoms with Gasteiger partial charge in [-0.3, -0.25) is 0 Å². The minimum atomic E-state index is -0.360. The summed E-state index contributed by atoms with van der Waals surface area (Å²) in [5, 5.41) is 0. The molecule has 1 aromatic carbocycles. The first kappa shape index (κ1) is 14.0. The summed E-state index contributed by atoms with van der Waals surface area (Å²) in [5.41, 5.74) is 5.13. The minimum Gasteiger partial charge on any atom is -0.466 e. The van der Waals surface area contributed by atoms with Crippen molar-refractivity contribution in [2.45, 2.75) is 19.8 Å². The van der Waals surface area contributed by atoms with Gasteiger partial charge in [0.2, 0.25) is 0 Å². The van der Waals surface area contributed by atoms with E-state index in [1.54, 1.807) is 6.08 Å². The molecule has 0 N–H and O–H groups in total. The second-order valence-electron chi connectivity index (χ2n) is 3.77. The second kappa shape index (κ2) is 8.10. The van der Waals surface area contributed by atoms with Gasteiger partial charge in [-0.2, -0.15) is 0 Å². The number of unbranched alkanes of at least 4 members (excludes halogenated alkanes) is 1. The van der Waals surface area contributed by atoms with Crippen LogP contribution in [0.5, 0.6) is 0 Å². The Balaban J connectivity index is 3.00. The van der Waals surface area contributed by atoms with Crippen molar-refractivity contribution in [2.24, 2.45) is 0 Å². The fourth-order valence-corrected chi connectivity index (χ4v) is 1.39. The van der Waals surface area contributed by atoms with E-state index in [4.69, 9.17) is 0 Å². The molecule has 0 spiro atoms. The van der Waals surface area contributed by atoms with Gasteiger partial charge in [-0.1, -0.05) is 43.7 Å². The number of hydrogen-bond acceptors (Lipinski definition) is 2. The van der Waals surface area contributed by atoms with Crippen LogP contribution in [-0.2, 0) is 9.53 Å². The van der Waals surface area contributed by atoms with E-state index in [1.807, 2.05) is 36.4 Å². The summed E-state index contributed by atoms with van der Waals surface area (Å²) in [6.07, 6.45) is 7.19. The minimum absolute atomic E-state index is 0.360. The normalized spacial score (nSPS) is 9.89. The highest BCUT2D eigenvalue weighted by Gasteiger charge is 1.97. The lowest BCUT2D eigenvalue weighted by Gasteiger charge is -1.98. The van der Waals surface area contributed by atoms with Gasteiger partial charge in [-0.25, -0.2) is 4.79 Å². The fourth-order valence-electron chi connectivity index (χ4n) is 1.39. The predicted molar refractivity (Wildman–Crippen MR) is 74.0 cm³/mol. The van der Waals surface area contributed by atoms with Gasteiger partial charge >= 0.3 is 5.97 Å². The van der Waals surface area contributed by atoms with Crippen LogP contribution in [-0.4, -0.2) is 13.1 Å². The Bertz CT molecular complexity index is 463. The van der Waals surface area contributed by atoms with Crippen molar-refractivity contribution in [1.82, 2.24) is 0 Å². The van der Waals surface area contributed by atoms with Crippen molar-refractivity contribution >= 4 is 11.5 Å². The zero-order valence-corrected chi connectivity index (χ0v) is 10.8. The number of allylic oxidation sites excluding steroid dienone is 2. The second-order valence-corrected chi connectivity index (χ2v) is 3.77. The number of carbonyl (C=O) groups excluding carboxylic acids is 1. The van der Waals surface area contributed by atoms with E-state index in [-0.39, 0.29) is 5.97 Å². The van der Waals surface area contributed by atoms with E-state index in [1.165, 1.54) is 13.2 Å². The molecule has 0 saturated heterocycles. The lowest BCUT2D eigenvalue weighted by atomic mass is 10.1. The summed E-state index contributed by atoms with van der Waals surface area (Å²) in [7, 11) is 1.37. The molecule has 0 saturated carbocycles. The molecule has 0 amide bonds. The maximum absolute atomic E-state index is 11.1. The molecule has 0 radical (unpaired) electrons. The molecule has 0 atom stereocenters. The molecule has 0 aliphatic rings. The van der Waals surface area contributed by atoms with Crippen LogP contribution in [0.2, 0.25) is 0 Å². The van der Waals surface area contributed by atoms with Gasteiger partial charge < -0.3 is 4.74 Å². The molecule has 2 nitrogen and oxygen atoms in total.